The molecule has 16 heavy (non-hydrogen) atoms. The Morgan fingerprint density at radius 3 is 2.44 bits per heavy atom. The second-order valence-corrected chi connectivity index (χ2v) is 5.13. The van der Waals surface area contributed by atoms with E-state index >= 15 is 0 Å². The highest BCUT2D eigenvalue weighted by Gasteiger charge is 2.24. The summed E-state index contributed by atoms with van der Waals surface area (Å²) in [6, 6.07) is 0.263. The van der Waals surface area contributed by atoms with Gasteiger partial charge in [0.05, 0.1) is 0 Å². The standard InChI is InChI=1S/C12H25N3O/c1-10(13)11-4-8-15(9-5-11)12(16)6-7-14(2)3/h10-11H,4-9,13H2,1-3H3. The molecule has 0 aromatic carbocycles. The number of hydrogen-bond donors (Lipinski definition) is 1. The second kappa shape index (κ2) is 6.21. The predicted octanol–water partition coefficient (Wildman–Crippen LogP) is 0.524. The van der Waals surface area contributed by atoms with E-state index in [2.05, 4.69) is 6.92 Å². The summed E-state index contributed by atoms with van der Waals surface area (Å²) in [5, 5.41) is 0. The van der Waals surface area contributed by atoms with E-state index in [1.54, 1.807) is 0 Å². The van der Waals surface area contributed by atoms with E-state index in [1.165, 1.54) is 0 Å². The lowest BCUT2D eigenvalue weighted by Gasteiger charge is -2.34. The van der Waals surface area contributed by atoms with Crippen LogP contribution in [0.3, 0.4) is 0 Å². The lowest BCUT2D eigenvalue weighted by Crippen LogP contribution is -2.43. The number of nitrogens with two attached hydrogens (primary N) is 1. The molecule has 2 N–H and O–H groups in total. The molecule has 0 aromatic rings. The van der Waals surface area contributed by atoms with Crippen molar-refractivity contribution in [3.8, 4) is 0 Å². The zero-order valence-corrected chi connectivity index (χ0v) is 10.8. The summed E-state index contributed by atoms with van der Waals surface area (Å²) in [6.45, 7) is 4.68. The van der Waals surface area contributed by atoms with Gasteiger partial charge in [-0.2, -0.15) is 0 Å². The summed E-state index contributed by atoms with van der Waals surface area (Å²) in [5.41, 5.74) is 5.88. The van der Waals surface area contributed by atoms with Gasteiger partial charge in [-0.3, -0.25) is 4.79 Å². The maximum absolute atomic E-state index is 11.8. The monoisotopic (exact) mass is 227 g/mol. The SMILES string of the molecule is CC(N)C1CCN(C(=O)CCN(C)C)CC1. The molecular formula is C12H25N3O. The van der Waals surface area contributed by atoms with Crippen LogP contribution in [0.1, 0.15) is 26.2 Å². The molecule has 4 heteroatoms. The fraction of sp³-hybridized carbons (Fsp3) is 0.917. The van der Waals surface area contributed by atoms with Crippen molar-refractivity contribution < 1.29 is 4.79 Å². The third-order valence-electron chi connectivity index (χ3n) is 3.41. The van der Waals surface area contributed by atoms with Crippen LogP contribution >= 0.6 is 0 Å². The van der Waals surface area contributed by atoms with Crippen molar-refractivity contribution in [3.63, 3.8) is 0 Å². The van der Waals surface area contributed by atoms with Crippen LogP contribution in [0, 0.1) is 5.92 Å². The first-order valence-corrected chi connectivity index (χ1v) is 6.18. The van der Waals surface area contributed by atoms with Crippen LogP contribution in [0.15, 0.2) is 0 Å². The topological polar surface area (TPSA) is 49.6 Å². The maximum atomic E-state index is 11.8. The Morgan fingerprint density at radius 2 is 2.00 bits per heavy atom. The normalized spacial score (nSPS) is 20.2. The molecular weight excluding hydrogens is 202 g/mol. The molecule has 1 heterocycles. The van der Waals surface area contributed by atoms with E-state index in [4.69, 9.17) is 5.73 Å². The van der Waals surface area contributed by atoms with Crippen LogP contribution in [0.25, 0.3) is 0 Å². The number of carbonyl (C=O) groups is 1. The van der Waals surface area contributed by atoms with Gasteiger partial charge in [-0.1, -0.05) is 0 Å². The van der Waals surface area contributed by atoms with E-state index in [0.29, 0.717) is 12.3 Å². The molecule has 0 bridgehead atoms. The first kappa shape index (κ1) is 13.5. The highest BCUT2D eigenvalue weighted by Crippen LogP contribution is 2.19. The Labute approximate surface area is 98.8 Å². The first-order valence-electron chi connectivity index (χ1n) is 6.18. The van der Waals surface area contributed by atoms with Gasteiger partial charge in [-0.25, -0.2) is 0 Å². The van der Waals surface area contributed by atoms with E-state index in [1.807, 2.05) is 23.9 Å². The number of likely N-dealkylation sites (tertiary alicyclic amines) is 1. The molecule has 1 aliphatic rings. The van der Waals surface area contributed by atoms with Gasteiger partial charge in [0.1, 0.15) is 0 Å². The van der Waals surface area contributed by atoms with Crippen LogP contribution in [0.4, 0.5) is 0 Å². The predicted molar refractivity (Wildman–Crippen MR) is 66.1 cm³/mol. The highest BCUT2D eigenvalue weighted by atomic mass is 16.2. The van der Waals surface area contributed by atoms with Crippen molar-refractivity contribution in [1.29, 1.82) is 0 Å². The Bertz CT molecular complexity index is 220. The third kappa shape index (κ3) is 4.10. The van der Waals surface area contributed by atoms with Gasteiger partial charge in [0.2, 0.25) is 5.91 Å². The molecule has 0 aromatic heterocycles. The van der Waals surface area contributed by atoms with E-state index < -0.39 is 0 Å². The molecule has 1 atom stereocenters. The molecule has 1 unspecified atom stereocenters. The van der Waals surface area contributed by atoms with Gasteiger partial charge >= 0.3 is 0 Å². The van der Waals surface area contributed by atoms with Gasteiger partial charge in [0.15, 0.2) is 0 Å². The number of carbonyl (C=O) groups excluding carboxylic acids is 1. The fourth-order valence-corrected chi connectivity index (χ4v) is 2.15. The number of piperidine rings is 1. The molecule has 0 aliphatic carbocycles. The molecule has 0 saturated carbocycles. The van der Waals surface area contributed by atoms with Gasteiger partial charge in [-0.15, -0.1) is 0 Å². The number of nitrogens with zero attached hydrogens (tertiary/aromatic N) is 2. The molecule has 4 nitrogen and oxygen atoms in total. The van der Waals surface area contributed by atoms with Crippen LogP contribution < -0.4 is 5.73 Å². The number of rotatable bonds is 4. The van der Waals surface area contributed by atoms with Crippen LogP contribution in [-0.4, -0.2) is 55.5 Å². The summed E-state index contributed by atoms with van der Waals surface area (Å²) < 4.78 is 0. The quantitative estimate of drug-likeness (QED) is 0.762. The third-order valence-corrected chi connectivity index (χ3v) is 3.41. The minimum Gasteiger partial charge on any atom is -0.343 e. The zero-order chi connectivity index (χ0) is 12.1. The maximum Gasteiger partial charge on any atom is 0.223 e. The Morgan fingerprint density at radius 1 is 1.44 bits per heavy atom. The molecule has 1 amide bonds. The van der Waals surface area contributed by atoms with Crippen LogP contribution in [0.2, 0.25) is 0 Å². The van der Waals surface area contributed by atoms with E-state index in [9.17, 15) is 4.79 Å². The van der Waals surface area contributed by atoms with Gasteiger partial charge in [0.25, 0.3) is 0 Å². The fourth-order valence-electron chi connectivity index (χ4n) is 2.15. The summed E-state index contributed by atoms with van der Waals surface area (Å²) >= 11 is 0. The summed E-state index contributed by atoms with van der Waals surface area (Å²) in [6.07, 6.45) is 2.76. The first-order chi connectivity index (χ1) is 7.50. The highest BCUT2D eigenvalue weighted by molar-refractivity contribution is 5.76. The number of amides is 1. The molecule has 0 radical (unpaired) electrons. The van der Waals surface area contributed by atoms with Crippen molar-refractivity contribution in [2.45, 2.75) is 32.2 Å². The Hall–Kier alpha value is -0.610. The lowest BCUT2D eigenvalue weighted by molar-refractivity contribution is -0.132. The van der Waals surface area contributed by atoms with E-state index in [0.717, 1.165) is 32.5 Å². The van der Waals surface area contributed by atoms with Gasteiger partial charge < -0.3 is 15.5 Å². The van der Waals surface area contributed by atoms with Gasteiger partial charge in [-0.05, 0) is 39.8 Å². The molecule has 94 valence electrons. The van der Waals surface area contributed by atoms with E-state index in [-0.39, 0.29) is 11.9 Å². The van der Waals surface area contributed by atoms with Crippen molar-refractivity contribution in [2.24, 2.45) is 11.7 Å². The minimum absolute atomic E-state index is 0.263. The van der Waals surface area contributed by atoms with Crippen molar-refractivity contribution in [3.05, 3.63) is 0 Å². The lowest BCUT2D eigenvalue weighted by atomic mass is 9.91. The average Bonchev–Trinajstić information content (AvgIpc) is 2.26. The average molecular weight is 227 g/mol. The second-order valence-electron chi connectivity index (χ2n) is 5.13. The minimum atomic E-state index is 0.263. The molecule has 1 fully saturated rings. The summed E-state index contributed by atoms with van der Waals surface area (Å²) in [4.78, 5) is 15.9. The van der Waals surface area contributed by atoms with Crippen molar-refractivity contribution in [1.82, 2.24) is 9.80 Å². The smallest absolute Gasteiger partial charge is 0.223 e. The molecule has 0 spiro atoms. The largest absolute Gasteiger partial charge is 0.343 e. The van der Waals surface area contributed by atoms with Crippen molar-refractivity contribution in [2.75, 3.05) is 33.7 Å². The molecule has 1 saturated heterocycles. The van der Waals surface area contributed by atoms with Crippen molar-refractivity contribution >= 4 is 5.91 Å². The molecule has 1 aliphatic heterocycles. The van der Waals surface area contributed by atoms with Crippen LogP contribution in [-0.2, 0) is 4.79 Å². The zero-order valence-electron chi connectivity index (χ0n) is 10.8. The van der Waals surface area contributed by atoms with Crippen LogP contribution in [0.5, 0.6) is 0 Å². The Kier molecular flexibility index (Phi) is 5.22. The number of hydrogen-bond acceptors (Lipinski definition) is 3. The summed E-state index contributed by atoms with van der Waals surface area (Å²) in [5.74, 6) is 0.884. The summed E-state index contributed by atoms with van der Waals surface area (Å²) in [7, 11) is 3.99. The Balaban J connectivity index is 2.27. The molecule has 1 rings (SSSR count). The van der Waals surface area contributed by atoms with Gasteiger partial charge in [0, 0.05) is 32.1 Å².